The maximum Gasteiger partial charge on any atom is 0.573 e. The van der Waals surface area contributed by atoms with Gasteiger partial charge in [-0.1, -0.05) is 0 Å². The Morgan fingerprint density at radius 3 is 2.47 bits per heavy atom. The Bertz CT molecular complexity index is 368. The second-order valence-electron chi connectivity index (χ2n) is 2.70. The van der Waals surface area contributed by atoms with Gasteiger partial charge in [0.05, 0.1) is 11.1 Å². The van der Waals surface area contributed by atoms with Crippen molar-refractivity contribution in [3.05, 3.63) is 22.2 Å². The summed E-state index contributed by atoms with van der Waals surface area (Å²) in [6.45, 7) is -0.411. The second kappa shape index (κ2) is 4.28. The monoisotopic (exact) mass is 285 g/mol. The number of aliphatic hydroxyl groups is 1. The summed E-state index contributed by atoms with van der Waals surface area (Å²) in [6.07, 6.45) is -4.79. The number of nitrogens with two attached hydrogens (primary N) is 1. The molecule has 15 heavy (non-hydrogen) atoms. The molecule has 0 radical (unpaired) electrons. The quantitative estimate of drug-likeness (QED) is 0.821. The number of hydrogen-bond donors (Lipinski definition) is 2. The van der Waals surface area contributed by atoms with E-state index >= 15 is 0 Å². The maximum atomic E-state index is 11.9. The lowest BCUT2D eigenvalue weighted by Crippen LogP contribution is -2.17. The van der Waals surface area contributed by atoms with Gasteiger partial charge in [0.25, 0.3) is 0 Å². The van der Waals surface area contributed by atoms with Crippen LogP contribution in [-0.2, 0) is 6.61 Å². The number of alkyl halides is 3. The molecular weight excluding hydrogens is 279 g/mol. The van der Waals surface area contributed by atoms with Crippen LogP contribution in [0, 0.1) is 0 Å². The first kappa shape index (κ1) is 12.1. The zero-order valence-corrected chi connectivity index (χ0v) is 8.89. The SMILES string of the molecule is Nc1cc(CO)cc(OC(F)(F)F)c1Br. The van der Waals surface area contributed by atoms with Gasteiger partial charge in [0.2, 0.25) is 0 Å². The molecule has 3 N–H and O–H groups in total. The van der Waals surface area contributed by atoms with E-state index in [9.17, 15) is 13.2 Å². The molecule has 0 amide bonds. The van der Waals surface area contributed by atoms with Crippen LogP contribution in [0.25, 0.3) is 0 Å². The lowest BCUT2D eigenvalue weighted by molar-refractivity contribution is -0.274. The van der Waals surface area contributed by atoms with Crippen molar-refractivity contribution in [3.8, 4) is 5.75 Å². The number of nitrogen functional groups attached to an aromatic ring is 1. The number of rotatable bonds is 2. The Hall–Kier alpha value is -0.950. The standard InChI is InChI=1S/C8H7BrF3NO2/c9-7-5(13)1-4(3-14)2-6(7)15-8(10,11)12/h1-2,14H,3,13H2. The number of anilines is 1. The number of benzene rings is 1. The van der Waals surface area contributed by atoms with Crippen molar-refractivity contribution >= 4 is 21.6 Å². The highest BCUT2D eigenvalue weighted by Gasteiger charge is 2.32. The summed E-state index contributed by atoms with van der Waals surface area (Å²) < 4.78 is 39.6. The lowest BCUT2D eigenvalue weighted by atomic mass is 10.2. The number of aliphatic hydroxyl groups excluding tert-OH is 1. The fraction of sp³-hybridized carbons (Fsp3) is 0.250. The molecule has 0 atom stereocenters. The van der Waals surface area contributed by atoms with Gasteiger partial charge >= 0.3 is 6.36 Å². The predicted octanol–water partition coefficient (Wildman–Crippen LogP) is 2.42. The van der Waals surface area contributed by atoms with Crippen molar-refractivity contribution in [2.45, 2.75) is 13.0 Å². The van der Waals surface area contributed by atoms with E-state index in [0.29, 0.717) is 0 Å². The Kier molecular flexibility index (Phi) is 3.46. The largest absolute Gasteiger partial charge is 0.573 e. The van der Waals surface area contributed by atoms with Crippen molar-refractivity contribution in [1.82, 2.24) is 0 Å². The minimum Gasteiger partial charge on any atom is -0.404 e. The van der Waals surface area contributed by atoms with Gasteiger partial charge in [-0.15, -0.1) is 13.2 Å². The Morgan fingerprint density at radius 2 is 2.00 bits per heavy atom. The van der Waals surface area contributed by atoms with Crippen LogP contribution in [0.15, 0.2) is 16.6 Å². The minimum atomic E-state index is -4.79. The Balaban J connectivity index is 3.11. The predicted molar refractivity (Wildman–Crippen MR) is 51.2 cm³/mol. The topological polar surface area (TPSA) is 55.5 Å². The van der Waals surface area contributed by atoms with Gasteiger partial charge in [-0.25, -0.2) is 0 Å². The van der Waals surface area contributed by atoms with Crippen molar-refractivity contribution in [3.63, 3.8) is 0 Å². The van der Waals surface area contributed by atoms with Crippen molar-refractivity contribution in [2.24, 2.45) is 0 Å². The van der Waals surface area contributed by atoms with Crippen LogP contribution in [0.3, 0.4) is 0 Å². The third-order valence-corrected chi connectivity index (χ3v) is 2.38. The molecule has 0 aromatic heterocycles. The van der Waals surface area contributed by atoms with E-state index in [0.717, 1.165) is 6.07 Å². The molecule has 0 fully saturated rings. The molecule has 7 heteroatoms. The van der Waals surface area contributed by atoms with Gasteiger partial charge in [0, 0.05) is 5.69 Å². The molecule has 0 heterocycles. The van der Waals surface area contributed by atoms with Gasteiger partial charge in [-0.05, 0) is 33.6 Å². The van der Waals surface area contributed by atoms with E-state index in [1.807, 2.05) is 0 Å². The second-order valence-corrected chi connectivity index (χ2v) is 3.50. The summed E-state index contributed by atoms with van der Waals surface area (Å²) in [6, 6.07) is 2.42. The molecule has 0 saturated carbocycles. The summed E-state index contributed by atoms with van der Waals surface area (Å²) in [5.74, 6) is -0.466. The molecule has 0 aliphatic heterocycles. The van der Waals surface area contributed by atoms with E-state index in [2.05, 4.69) is 20.7 Å². The summed E-state index contributed by atoms with van der Waals surface area (Å²) in [5, 5.41) is 8.77. The van der Waals surface area contributed by atoms with Crippen LogP contribution in [0.1, 0.15) is 5.56 Å². The van der Waals surface area contributed by atoms with Crippen LogP contribution >= 0.6 is 15.9 Å². The highest BCUT2D eigenvalue weighted by Crippen LogP contribution is 2.35. The molecule has 1 aromatic rings. The molecule has 0 unspecified atom stereocenters. The van der Waals surface area contributed by atoms with Crippen LogP contribution in [0.5, 0.6) is 5.75 Å². The average Bonchev–Trinajstić information content (AvgIpc) is 2.10. The lowest BCUT2D eigenvalue weighted by Gasteiger charge is -2.12. The molecule has 0 aliphatic carbocycles. The smallest absolute Gasteiger partial charge is 0.404 e. The van der Waals surface area contributed by atoms with Crippen molar-refractivity contribution in [2.75, 3.05) is 5.73 Å². The third-order valence-electron chi connectivity index (χ3n) is 1.54. The Labute approximate surface area is 91.8 Å². The molecular formula is C8H7BrF3NO2. The van der Waals surface area contributed by atoms with Gasteiger partial charge < -0.3 is 15.6 Å². The van der Waals surface area contributed by atoms with E-state index < -0.39 is 18.7 Å². The fourth-order valence-electron chi connectivity index (χ4n) is 0.969. The number of hydrogen-bond acceptors (Lipinski definition) is 3. The first-order valence-corrected chi connectivity index (χ1v) is 4.57. The molecule has 0 saturated heterocycles. The molecule has 1 rings (SSSR count). The minimum absolute atomic E-state index is 0.0111. The average molecular weight is 286 g/mol. The van der Waals surface area contributed by atoms with Gasteiger partial charge in [-0.2, -0.15) is 0 Å². The van der Waals surface area contributed by atoms with Gasteiger partial charge in [0.1, 0.15) is 5.75 Å². The first-order valence-electron chi connectivity index (χ1n) is 3.78. The van der Waals surface area contributed by atoms with Crippen LogP contribution in [-0.4, -0.2) is 11.5 Å². The van der Waals surface area contributed by atoms with E-state index in [1.54, 1.807) is 0 Å². The van der Waals surface area contributed by atoms with Crippen LogP contribution < -0.4 is 10.5 Å². The van der Waals surface area contributed by atoms with Crippen molar-refractivity contribution in [1.29, 1.82) is 0 Å². The summed E-state index contributed by atoms with van der Waals surface area (Å²) in [7, 11) is 0. The van der Waals surface area contributed by atoms with Crippen LogP contribution in [0.2, 0.25) is 0 Å². The molecule has 0 bridgehead atoms. The number of ether oxygens (including phenoxy) is 1. The summed E-state index contributed by atoms with van der Waals surface area (Å²) in [5.41, 5.74) is 5.73. The van der Waals surface area contributed by atoms with E-state index in [1.165, 1.54) is 6.07 Å². The number of halogens is 4. The summed E-state index contributed by atoms with van der Waals surface area (Å²) >= 11 is 2.86. The van der Waals surface area contributed by atoms with Gasteiger partial charge in [-0.3, -0.25) is 0 Å². The zero-order valence-electron chi connectivity index (χ0n) is 7.31. The highest BCUT2D eigenvalue weighted by atomic mass is 79.9. The first-order chi connectivity index (χ1) is 6.83. The summed E-state index contributed by atoms with van der Waals surface area (Å²) in [4.78, 5) is 0. The molecule has 3 nitrogen and oxygen atoms in total. The highest BCUT2D eigenvalue weighted by molar-refractivity contribution is 9.10. The van der Waals surface area contributed by atoms with Gasteiger partial charge in [0.15, 0.2) is 0 Å². The van der Waals surface area contributed by atoms with E-state index in [-0.39, 0.29) is 15.7 Å². The molecule has 1 aromatic carbocycles. The molecule has 0 spiro atoms. The molecule has 0 aliphatic rings. The zero-order chi connectivity index (χ0) is 11.6. The van der Waals surface area contributed by atoms with E-state index in [4.69, 9.17) is 10.8 Å². The maximum absolute atomic E-state index is 11.9. The van der Waals surface area contributed by atoms with Crippen LogP contribution in [0.4, 0.5) is 18.9 Å². The van der Waals surface area contributed by atoms with Crippen molar-refractivity contribution < 1.29 is 23.0 Å². The Morgan fingerprint density at radius 1 is 1.40 bits per heavy atom. The normalized spacial score (nSPS) is 11.5. The fourth-order valence-corrected chi connectivity index (χ4v) is 1.28. The third kappa shape index (κ3) is 3.28. The molecule has 84 valence electrons.